The maximum absolute atomic E-state index is 13.1. The van der Waals surface area contributed by atoms with Gasteiger partial charge in [-0.25, -0.2) is 4.39 Å². The van der Waals surface area contributed by atoms with E-state index in [9.17, 15) is 14.0 Å². The van der Waals surface area contributed by atoms with E-state index in [1.165, 1.54) is 18.3 Å². The van der Waals surface area contributed by atoms with Gasteiger partial charge in [0, 0.05) is 0 Å². The first-order chi connectivity index (χ1) is 16.0. The van der Waals surface area contributed by atoms with E-state index in [4.69, 9.17) is 21.1 Å². The Bertz CT molecular complexity index is 1130. The fourth-order valence-corrected chi connectivity index (χ4v) is 5.20. The van der Waals surface area contributed by atoms with Gasteiger partial charge >= 0.3 is 0 Å². The van der Waals surface area contributed by atoms with Crippen LogP contribution in [0.25, 0.3) is 0 Å². The lowest BCUT2D eigenvalue weighted by Crippen LogP contribution is -2.28. The zero-order chi connectivity index (χ0) is 23.1. The van der Waals surface area contributed by atoms with E-state index >= 15 is 0 Å². The van der Waals surface area contributed by atoms with Crippen LogP contribution in [0.4, 0.5) is 4.39 Å². The molecule has 5 rings (SSSR count). The molecule has 2 aliphatic carbocycles. The van der Waals surface area contributed by atoms with Crippen molar-refractivity contribution < 1.29 is 23.5 Å². The zero-order valence-corrected chi connectivity index (χ0v) is 18.7. The first-order valence-corrected chi connectivity index (χ1v) is 11.3. The van der Waals surface area contributed by atoms with Gasteiger partial charge < -0.3 is 9.47 Å². The lowest BCUT2D eigenvalue weighted by molar-refractivity contribution is -0.140. The Morgan fingerprint density at radius 1 is 1.09 bits per heavy atom. The number of nitrogens with zero attached hydrogens (tertiary/aromatic N) is 2. The van der Waals surface area contributed by atoms with Crippen LogP contribution in [0.3, 0.4) is 0 Å². The topological polar surface area (TPSA) is 68.2 Å². The number of amides is 2. The highest BCUT2D eigenvalue weighted by atomic mass is 35.5. The summed E-state index contributed by atoms with van der Waals surface area (Å²) in [6.45, 7) is 2.40. The molecule has 1 saturated heterocycles. The molecule has 1 saturated carbocycles. The van der Waals surface area contributed by atoms with Gasteiger partial charge in [0.25, 0.3) is 11.8 Å². The Kier molecular flexibility index (Phi) is 5.66. The molecule has 2 aromatic carbocycles. The van der Waals surface area contributed by atoms with Gasteiger partial charge in [0.1, 0.15) is 12.4 Å². The molecule has 2 fully saturated rings. The molecule has 4 unspecified atom stereocenters. The number of hydrazone groups is 1. The Morgan fingerprint density at radius 2 is 1.76 bits per heavy atom. The fraction of sp³-hybridized carbons (Fsp3) is 0.320. The molecule has 4 atom stereocenters. The first kappa shape index (κ1) is 21.6. The minimum atomic E-state index is -0.321. The molecule has 2 bridgehead atoms. The van der Waals surface area contributed by atoms with Crippen molar-refractivity contribution in [2.45, 2.75) is 20.0 Å². The van der Waals surface area contributed by atoms with E-state index in [1.807, 2.05) is 19.1 Å². The highest BCUT2D eigenvalue weighted by Crippen LogP contribution is 2.52. The molecule has 0 radical (unpaired) electrons. The second-order valence-electron chi connectivity index (χ2n) is 8.41. The van der Waals surface area contributed by atoms with Crippen LogP contribution >= 0.6 is 11.6 Å². The number of rotatable bonds is 7. The van der Waals surface area contributed by atoms with Crippen molar-refractivity contribution in [3.63, 3.8) is 0 Å². The van der Waals surface area contributed by atoms with Gasteiger partial charge in [0.2, 0.25) is 0 Å². The molecule has 0 N–H and O–H groups in total. The summed E-state index contributed by atoms with van der Waals surface area (Å²) in [7, 11) is 0. The predicted molar refractivity (Wildman–Crippen MR) is 121 cm³/mol. The summed E-state index contributed by atoms with van der Waals surface area (Å²) in [4.78, 5) is 25.6. The SMILES string of the molecule is CCOc1cc(C=NN2C(=O)C3C4C=CC(C4)C3C2=O)cc(Cl)c1OCc1ccc(F)cc1. The van der Waals surface area contributed by atoms with Crippen molar-refractivity contribution in [2.75, 3.05) is 6.61 Å². The van der Waals surface area contributed by atoms with Crippen molar-refractivity contribution in [3.05, 3.63) is 70.5 Å². The molecule has 2 aromatic rings. The molecule has 0 aromatic heterocycles. The van der Waals surface area contributed by atoms with Crippen LogP contribution < -0.4 is 9.47 Å². The van der Waals surface area contributed by atoms with E-state index in [0.717, 1.165) is 17.0 Å². The van der Waals surface area contributed by atoms with E-state index in [1.54, 1.807) is 24.3 Å². The van der Waals surface area contributed by atoms with Gasteiger partial charge in [-0.2, -0.15) is 10.1 Å². The van der Waals surface area contributed by atoms with Crippen LogP contribution in [0.5, 0.6) is 11.5 Å². The summed E-state index contributed by atoms with van der Waals surface area (Å²) >= 11 is 6.46. The average molecular weight is 469 g/mol. The number of ether oxygens (including phenoxy) is 2. The number of carbonyl (C=O) groups is 2. The number of allylic oxidation sites excluding steroid dienone is 2. The molecule has 0 spiro atoms. The van der Waals surface area contributed by atoms with E-state index in [2.05, 4.69) is 5.10 Å². The molecule has 6 nitrogen and oxygen atoms in total. The molecule has 1 heterocycles. The van der Waals surface area contributed by atoms with Crippen molar-refractivity contribution in [1.29, 1.82) is 0 Å². The molecule has 8 heteroatoms. The Morgan fingerprint density at radius 3 is 2.39 bits per heavy atom. The minimum Gasteiger partial charge on any atom is -0.490 e. The summed E-state index contributed by atoms with van der Waals surface area (Å²) in [5.41, 5.74) is 1.34. The summed E-state index contributed by atoms with van der Waals surface area (Å²) in [5.74, 6) is -0.373. The number of carbonyl (C=O) groups excluding carboxylic acids is 2. The third-order valence-electron chi connectivity index (χ3n) is 6.40. The van der Waals surface area contributed by atoms with Crippen LogP contribution in [-0.4, -0.2) is 29.6 Å². The number of benzene rings is 2. The number of halogens is 2. The average Bonchev–Trinajstić information content (AvgIpc) is 3.47. The van der Waals surface area contributed by atoms with Crippen LogP contribution in [0.15, 0.2) is 53.7 Å². The maximum atomic E-state index is 13.1. The van der Waals surface area contributed by atoms with Gasteiger partial charge in [-0.05, 0) is 60.6 Å². The van der Waals surface area contributed by atoms with Gasteiger partial charge in [0.05, 0.1) is 29.7 Å². The molecule has 170 valence electrons. The summed E-state index contributed by atoms with van der Waals surface area (Å²) in [6, 6.07) is 9.30. The largest absolute Gasteiger partial charge is 0.490 e. The Hall–Kier alpha value is -3.19. The second kappa shape index (κ2) is 8.63. The monoisotopic (exact) mass is 468 g/mol. The molecule has 3 aliphatic rings. The van der Waals surface area contributed by atoms with Gasteiger partial charge in [-0.1, -0.05) is 35.9 Å². The van der Waals surface area contributed by atoms with E-state index in [0.29, 0.717) is 28.7 Å². The van der Waals surface area contributed by atoms with Gasteiger partial charge in [-0.3, -0.25) is 9.59 Å². The Balaban J connectivity index is 1.34. The molecule has 33 heavy (non-hydrogen) atoms. The summed E-state index contributed by atoms with van der Waals surface area (Å²) in [6.07, 6.45) is 6.40. The Labute approximate surface area is 195 Å². The number of hydrogen-bond acceptors (Lipinski definition) is 5. The lowest BCUT2D eigenvalue weighted by atomic mass is 9.85. The molecular weight excluding hydrogens is 447 g/mol. The maximum Gasteiger partial charge on any atom is 0.254 e. The van der Waals surface area contributed by atoms with Crippen molar-refractivity contribution in [2.24, 2.45) is 28.8 Å². The normalized spacial score (nSPS) is 25.4. The zero-order valence-electron chi connectivity index (χ0n) is 17.9. The lowest BCUT2D eigenvalue weighted by Gasteiger charge is -2.15. The third kappa shape index (κ3) is 3.91. The molecular formula is C25H22ClFN2O4. The van der Waals surface area contributed by atoms with Crippen LogP contribution in [0.2, 0.25) is 5.02 Å². The van der Waals surface area contributed by atoms with Crippen LogP contribution in [-0.2, 0) is 16.2 Å². The number of fused-ring (bicyclic) bond motifs is 5. The molecule has 1 aliphatic heterocycles. The quantitative estimate of drug-likeness (QED) is 0.338. The number of hydrogen-bond donors (Lipinski definition) is 0. The van der Waals surface area contributed by atoms with E-state index in [-0.39, 0.29) is 47.9 Å². The highest BCUT2D eigenvalue weighted by molar-refractivity contribution is 6.32. The predicted octanol–water partition coefficient (Wildman–Crippen LogP) is 4.60. The van der Waals surface area contributed by atoms with E-state index < -0.39 is 0 Å². The van der Waals surface area contributed by atoms with Crippen LogP contribution in [0.1, 0.15) is 24.5 Å². The third-order valence-corrected chi connectivity index (χ3v) is 6.68. The fourth-order valence-electron chi connectivity index (χ4n) is 4.93. The van der Waals surface area contributed by atoms with Crippen molar-refractivity contribution in [3.8, 4) is 11.5 Å². The standard InChI is InChI=1S/C25H22ClFN2O4/c1-2-32-20-10-15(9-19(26)23(20)33-13-14-3-7-18(27)8-4-14)12-28-29-24(30)21-16-5-6-17(11-16)22(21)25(29)31/h3-10,12,16-17,21-22H,2,11,13H2,1H3. The smallest absolute Gasteiger partial charge is 0.254 e. The summed E-state index contributed by atoms with van der Waals surface area (Å²) in [5, 5.41) is 5.49. The minimum absolute atomic E-state index is 0.133. The summed E-state index contributed by atoms with van der Waals surface area (Å²) < 4.78 is 24.7. The second-order valence-corrected chi connectivity index (χ2v) is 8.82. The number of imide groups is 1. The van der Waals surface area contributed by atoms with Gasteiger partial charge in [0.15, 0.2) is 11.5 Å². The highest BCUT2D eigenvalue weighted by Gasteiger charge is 2.59. The van der Waals surface area contributed by atoms with Crippen LogP contribution in [0, 0.1) is 29.5 Å². The van der Waals surface area contributed by atoms with Crippen molar-refractivity contribution in [1.82, 2.24) is 5.01 Å². The van der Waals surface area contributed by atoms with Gasteiger partial charge in [-0.15, -0.1) is 0 Å². The molecule has 2 amide bonds. The van der Waals surface area contributed by atoms with Crippen molar-refractivity contribution >= 4 is 29.6 Å². The first-order valence-electron chi connectivity index (χ1n) is 10.9.